The van der Waals surface area contributed by atoms with Gasteiger partial charge >= 0.3 is 0 Å². The molecule has 0 unspecified atom stereocenters. The van der Waals surface area contributed by atoms with Gasteiger partial charge in [0.15, 0.2) is 0 Å². The number of anilines is 1. The van der Waals surface area contributed by atoms with Gasteiger partial charge in [-0.05, 0) is 30.2 Å². The van der Waals surface area contributed by atoms with Crippen LogP contribution in [0.4, 0.5) is 5.69 Å². The van der Waals surface area contributed by atoms with Crippen molar-refractivity contribution >= 4 is 11.6 Å². The molecule has 0 radical (unpaired) electrons. The van der Waals surface area contributed by atoms with Gasteiger partial charge in [0.2, 0.25) is 5.91 Å². The Morgan fingerprint density at radius 2 is 1.67 bits per heavy atom. The van der Waals surface area contributed by atoms with Crippen LogP contribution in [0.15, 0.2) is 48.5 Å². The second kappa shape index (κ2) is 9.53. The van der Waals surface area contributed by atoms with Gasteiger partial charge in [0, 0.05) is 45.7 Å². The molecule has 1 fully saturated rings. The molecule has 0 aliphatic carbocycles. The van der Waals surface area contributed by atoms with Crippen molar-refractivity contribution in [2.24, 2.45) is 0 Å². The van der Waals surface area contributed by atoms with E-state index in [1.807, 2.05) is 24.3 Å². The molecular weight excluding hydrogens is 338 g/mol. The Kier molecular flexibility index (Phi) is 6.85. The lowest BCUT2D eigenvalue weighted by atomic mass is 10.1. The van der Waals surface area contributed by atoms with Crippen LogP contribution in [-0.2, 0) is 11.3 Å². The zero-order chi connectivity index (χ0) is 19.1. The Hall–Kier alpha value is -2.37. The highest BCUT2D eigenvalue weighted by Crippen LogP contribution is 2.23. The van der Waals surface area contributed by atoms with Crippen LogP contribution in [0.5, 0.6) is 5.75 Å². The molecule has 2 aromatic rings. The summed E-state index contributed by atoms with van der Waals surface area (Å²) in [5.41, 5.74) is 3.49. The van der Waals surface area contributed by atoms with Gasteiger partial charge in [-0.15, -0.1) is 0 Å². The smallest absolute Gasteiger partial charge is 0.225 e. The van der Waals surface area contributed by atoms with Crippen molar-refractivity contribution in [1.82, 2.24) is 9.80 Å². The summed E-state index contributed by atoms with van der Waals surface area (Å²) in [4.78, 5) is 17.1. The van der Waals surface area contributed by atoms with E-state index in [4.69, 9.17) is 4.74 Å². The first kappa shape index (κ1) is 19.4. The summed E-state index contributed by atoms with van der Waals surface area (Å²) in [5.74, 6) is 0.720. The number of methoxy groups -OCH3 is 1. The highest BCUT2D eigenvalue weighted by atomic mass is 16.5. The van der Waals surface area contributed by atoms with Gasteiger partial charge in [0.1, 0.15) is 5.75 Å². The average molecular weight is 367 g/mol. The Labute approximate surface area is 161 Å². The van der Waals surface area contributed by atoms with E-state index in [2.05, 4.69) is 46.3 Å². The van der Waals surface area contributed by atoms with Gasteiger partial charge in [0.25, 0.3) is 0 Å². The minimum Gasteiger partial charge on any atom is -0.495 e. The first-order valence-electron chi connectivity index (χ1n) is 9.58. The zero-order valence-electron chi connectivity index (χ0n) is 16.3. The third-order valence-electron chi connectivity index (χ3n) is 5.16. The Morgan fingerprint density at radius 3 is 2.41 bits per heavy atom. The predicted octanol–water partition coefficient (Wildman–Crippen LogP) is 3.15. The molecule has 1 aliphatic heterocycles. The monoisotopic (exact) mass is 367 g/mol. The molecule has 27 heavy (non-hydrogen) atoms. The number of aryl methyl sites for hydroxylation is 1. The van der Waals surface area contributed by atoms with Gasteiger partial charge in [-0.3, -0.25) is 9.69 Å². The van der Waals surface area contributed by atoms with E-state index in [0.717, 1.165) is 45.0 Å². The van der Waals surface area contributed by atoms with Crippen LogP contribution >= 0.6 is 0 Å². The van der Waals surface area contributed by atoms with Gasteiger partial charge in [0.05, 0.1) is 12.8 Å². The number of amides is 1. The quantitative estimate of drug-likeness (QED) is 0.817. The zero-order valence-corrected chi connectivity index (χ0v) is 16.3. The third kappa shape index (κ3) is 5.55. The summed E-state index contributed by atoms with van der Waals surface area (Å²) in [6, 6.07) is 16.1. The van der Waals surface area contributed by atoms with Crippen LogP contribution in [-0.4, -0.2) is 55.5 Å². The van der Waals surface area contributed by atoms with Gasteiger partial charge in [-0.1, -0.05) is 36.4 Å². The molecular formula is C22H29N3O2. The first-order valence-corrected chi connectivity index (χ1v) is 9.58. The average Bonchev–Trinajstić information content (AvgIpc) is 2.69. The maximum absolute atomic E-state index is 12.3. The van der Waals surface area contributed by atoms with Crippen molar-refractivity contribution in [1.29, 1.82) is 0 Å². The van der Waals surface area contributed by atoms with Crippen LogP contribution < -0.4 is 10.1 Å². The summed E-state index contributed by atoms with van der Waals surface area (Å²) in [5, 5.41) is 2.95. The number of rotatable bonds is 7. The number of nitrogens with one attached hydrogen (secondary N) is 1. The second-order valence-corrected chi connectivity index (χ2v) is 7.04. The molecule has 0 bridgehead atoms. The minimum absolute atomic E-state index is 0.0295. The lowest BCUT2D eigenvalue weighted by Crippen LogP contribution is -2.46. The molecule has 144 valence electrons. The van der Waals surface area contributed by atoms with Crippen molar-refractivity contribution in [3.05, 3.63) is 59.7 Å². The van der Waals surface area contributed by atoms with Gasteiger partial charge in [-0.25, -0.2) is 0 Å². The predicted molar refractivity (Wildman–Crippen MR) is 109 cm³/mol. The Bertz CT molecular complexity index is 755. The summed E-state index contributed by atoms with van der Waals surface area (Å²) < 4.78 is 5.28. The number of piperazine rings is 1. The van der Waals surface area contributed by atoms with E-state index in [1.54, 1.807) is 7.11 Å². The lowest BCUT2D eigenvalue weighted by Gasteiger charge is -2.34. The fourth-order valence-corrected chi connectivity index (χ4v) is 3.42. The number of hydrogen-bond acceptors (Lipinski definition) is 4. The van der Waals surface area contributed by atoms with E-state index in [1.165, 1.54) is 11.1 Å². The lowest BCUT2D eigenvalue weighted by molar-refractivity contribution is -0.116. The van der Waals surface area contributed by atoms with Gasteiger partial charge in [-0.2, -0.15) is 0 Å². The molecule has 1 amide bonds. The summed E-state index contributed by atoms with van der Waals surface area (Å²) >= 11 is 0. The third-order valence-corrected chi connectivity index (χ3v) is 5.16. The van der Waals surface area contributed by atoms with E-state index in [0.29, 0.717) is 12.2 Å². The molecule has 0 saturated carbocycles. The summed E-state index contributed by atoms with van der Waals surface area (Å²) in [6.07, 6.45) is 0.496. The summed E-state index contributed by atoms with van der Waals surface area (Å²) in [6.45, 7) is 8.08. The van der Waals surface area contributed by atoms with E-state index in [-0.39, 0.29) is 5.91 Å². The summed E-state index contributed by atoms with van der Waals surface area (Å²) in [7, 11) is 1.61. The molecule has 5 heteroatoms. The number of para-hydroxylation sites is 2. The molecule has 1 aliphatic rings. The molecule has 1 heterocycles. The number of benzene rings is 2. The van der Waals surface area contributed by atoms with E-state index >= 15 is 0 Å². The molecule has 1 saturated heterocycles. The Balaban J connectivity index is 1.40. The molecule has 1 N–H and O–H groups in total. The topological polar surface area (TPSA) is 44.8 Å². The minimum atomic E-state index is 0.0295. The van der Waals surface area contributed by atoms with E-state index < -0.39 is 0 Å². The van der Waals surface area contributed by atoms with Crippen molar-refractivity contribution in [3.8, 4) is 5.75 Å². The van der Waals surface area contributed by atoms with Crippen molar-refractivity contribution in [2.45, 2.75) is 19.9 Å². The maximum Gasteiger partial charge on any atom is 0.225 e. The molecule has 0 atom stereocenters. The molecule has 3 rings (SSSR count). The first-order chi connectivity index (χ1) is 13.2. The van der Waals surface area contributed by atoms with Crippen molar-refractivity contribution in [3.63, 3.8) is 0 Å². The number of carbonyl (C=O) groups excluding carboxylic acids is 1. The number of ether oxygens (including phenoxy) is 1. The van der Waals surface area contributed by atoms with E-state index in [9.17, 15) is 4.79 Å². The standard InChI is InChI=1S/C22H29N3O2/c1-18-7-3-4-8-19(18)17-25-15-13-24(14-16-25)12-11-22(26)23-20-9-5-6-10-21(20)27-2/h3-10H,11-17H2,1-2H3,(H,23,26). The van der Waals surface area contributed by atoms with Gasteiger partial charge < -0.3 is 15.0 Å². The Morgan fingerprint density at radius 1 is 1.00 bits per heavy atom. The van der Waals surface area contributed by atoms with Crippen LogP contribution in [0.1, 0.15) is 17.5 Å². The SMILES string of the molecule is COc1ccccc1NC(=O)CCN1CCN(Cc2ccccc2C)CC1. The number of carbonyl (C=O) groups is 1. The fraction of sp³-hybridized carbons (Fsp3) is 0.409. The number of hydrogen-bond donors (Lipinski definition) is 1. The van der Waals surface area contributed by atoms with Crippen LogP contribution in [0.25, 0.3) is 0 Å². The highest BCUT2D eigenvalue weighted by molar-refractivity contribution is 5.92. The van der Waals surface area contributed by atoms with Crippen molar-refractivity contribution in [2.75, 3.05) is 45.2 Å². The second-order valence-electron chi connectivity index (χ2n) is 7.04. The largest absolute Gasteiger partial charge is 0.495 e. The maximum atomic E-state index is 12.3. The molecule has 5 nitrogen and oxygen atoms in total. The van der Waals surface area contributed by atoms with Crippen LogP contribution in [0, 0.1) is 6.92 Å². The molecule has 0 spiro atoms. The molecule has 2 aromatic carbocycles. The van der Waals surface area contributed by atoms with Crippen LogP contribution in [0.2, 0.25) is 0 Å². The highest BCUT2D eigenvalue weighted by Gasteiger charge is 2.18. The number of nitrogens with zero attached hydrogens (tertiary/aromatic N) is 2. The van der Waals surface area contributed by atoms with Crippen molar-refractivity contribution < 1.29 is 9.53 Å². The normalized spacial score (nSPS) is 15.5. The van der Waals surface area contributed by atoms with Crippen LogP contribution in [0.3, 0.4) is 0 Å². The fourth-order valence-electron chi connectivity index (χ4n) is 3.42. The molecule has 0 aromatic heterocycles.